The SMILES string of the molecule is COC1CN(C(=O)c2ccc3c(C4=CC[C@](C)(C(=O)O)CC4)nn(C(=O)c4c(Cl)cccc4C4CC4)c3c2)C1. The first-order chi connectivity index (χ1) is 18.7. The van der Waals surface area contributed by atoms with Crippen LogP contribution in [0.1, 0.15) is 76.9 Å². The number of amides is 1. The number of carbonyl (C=O) groups excluding carboxylic acids is 2. The molecule has 0 radical (unpaired) electrons. The molecule has 0 unspecified atom stereocenters. The Kier molecular flexibility index (Phi) is 6.35. The summed E-state index contributed by atoms with van der Waals surface area (Å²) in [6.45, 7) is 2.80. The van der Waals surface area contributed by atoms with Crippen molar-refractivity contribution in [2.45, 2.75) is 51.0 Å². The third kappa shape index (κ3) is 4.45. The molecule has 2 heterocycles. The number of carboxylic acids is 1. The molecule has 1 N–H and O–H groups in total. The number of carbonyl (C=O) groups is 3. The Hall–Kier alpha value is -3.49. The molecule has 2 aromatic carbocycles. The van der Waals surface area contributed by atoms with Gasteiger partial charge in [0.15, 0.2) is 0 Å². The summed E-state index contributed by atoms with van der Waals surface area (Å²) < 4.78 is 6.68. The number of aliphatic carboxylic acids is 1. The first kappa shape index (κ1) is 25.8. The fraction of sp³-hybridized carbons (Fsp3) is 0.400. The fourth-order valence-electron chi connectivity index (χ4n) is 5.55. The number of benzene rings is 2. The van der Waals surface area contributed by atoms with Crippen molar-refractivity contribution in [3.8, 4) is 0 Å². The first-order valence-corrected chi connectivity index (χ1v) is 13.7. The highest BCUT2D eigenvalue weighted by atomic mass is 35.5. The molecule has 2 fully saturated rings. The highest BCUT2D eigenvalue weighted by Gasteiger charge is 2.37. The van der Waals surface area contributed by atoms with E-state index in [1.165, 1.54) is 4.68 Å². The van der Waals surface area contributed by atoms with Gasteiger partial charge in [-0.25, -0.2) is 0 Å². The largest absolute Gasteiger partial charge is 0.481 e. The number of nitrogens with zero attached hydrogens (tertiary/aromatic N) is 3. The number of ether oxygens (including phenoxy) is 1. The van der Waals surface area contributed by atoms with Crippen molar-refractivity contribution in [1.29, 1.82) is 0 Å². The van der Waals surface area contributed by atoms with Crippen LogP contribution in [0.2, 0.25) is 5.02 Å². The number of rotatable bonds is 6. The van der Waals surface area contributed by atoms with E-state index in [1.54, 1.807) is 37.1 Å². The molecule has 9 heteroatoms. The van der Waals surface area contributed by atoms with Crippen LogP contribution in [0.5, 0.6) is 0 Å². The van der Waals surface area contributed by atoms with Gasteiger partial charge in [-0.3, -0.25) is 14.4 Å². The van der Waals surface area contributed by atoms with Crippen molar-refractivity contribution in [2.75, 3.05) is 20.2 Å². The van der Waals surface area contributed by atoms with Gasteiger partial charge in [0.2, 0.25) is 0 Å². The summed E-state index contributed by atoms with van der Waals surface area (Å²) in [5, 5.41) is 15.6. The molecule has 3 aliphatic rings. The highest BCUT2D eigenvalue weighted by Crippen LogP contribution is 2.44. The van der Waals surface area contributed by atoms with Gasteiger partial charge in [0.05, 0.1) is 33.3 Å². The average Bonchev–Trinajstić information content (AvgIpc) is 3.68. The van der Waals surface area contributed by atoms with E-state index in [9.17, 15) is 19.5 Å². The van der Waals surface area contributed by atoms with E-state index in [4.69, 9.17) is 21.4 Å². The predicted molar refractivity (Wildman–Crippen MR) is 147 cm³/mol. The number of hydrogen-bond donors (Lipinski definition) is 1. The molecule has 1 aromatic heterocycles. The van der Waals surface area contributed by atoms with Crippen molar-refractivity contribution in [2.24, 2.45) is 5.41 Å². The van der Waals surface area contributed by atoms with Crippen molar-refractivity contribution < 1.29 is 24.2 Å². The number of likely N-dealkylation sites (tertiary alicyclic amines) is 1. The lowest BCUT2D eigenvalue weighted by Crippen LogP contribution is -2.54. The van der Waals surface area contributed by atoms with Crippen LogP contribution in [-0.2, 0) is 9.53 Å². The van der Waals surface area contributed by atoms with Gasteiger partial charge in [-0.1, -0.05) is 29.8 Å². The summed E-state index contributed by atoms with van der Waals surface area (Å²) in [5.74, 6) is -0.980. The third-order valence-corrected chi connectivity index (χ3v) is 8.75. The Morgan fingerprint density at radius 3 is 2.54 bits per heavy atom. The van der Waals surface area contributed by atoms with Crippen LogP contribution in [0, 0.1) is 5.41 Å². The Morgan fingerprint density at radius 1 is 1.13 bits per heavy atom. The second-order valence-electron chi connectivity index (χ2n) is 11.1. The van der Waals surface area contributed by atoms with Crippen LogP contribution in [0.3, 0.4) is 0 Å². The van der Waals surface area contributed by atoms with Gasteiger partial charge in [-0.05, 0) is 80.3 Å². The van der Waals surface area contributed by atoms with E-state index in [2.05, 4.69) is 0 Å². The number of fused-ring (bicyclic) bond motifs is 1. The molecule has 202 valence electrons. The van der Waals surface area contributed by atoms with E-state index in [0.29, 0.717) is 65.6 Å². The van der Waals surface area contributed by atoms with Crippen molar-refractivity contribution >= 4 is 45.9 Å². The topological polar surface area (TPSA) is 102 Å². The van der Waals surface area contributed by atoms with Gasteiger partial charge in [0, 0.05) is 31.1 Å². The minimum atomic E-state index is -0.828. The molecule has 1 atom stereocenters. The minimum Gasteiger partial charge on any atom is -0.481 e. The highest BCUT2D eigenvalue weighted by molar-refractivity contribution is 6.34. The third-order valence-electron chi connectivity index (χ3n) is 8.43. The number of hydrogen-bond acceptors (Lipinski definition) is 5. The van der Waals surface area contributed by atoms with Crippen molar-refractivity contribution in [1.82, 2.24) is 14.7 Å². The maximum atomic E-state index is 14.1. The quantitative estimate of drug-likeness (QED) is 0.444. The number of allylic oxidation sites excluding steroid dienone is 2. The number of halogens is 1. The number of aromatic nitrogens is 2. The Bertz CT molecular complexity index is 1550. The maximum Gasteiger partial charge on any atom is 0.309 e. The average molecular weight is 548 g/mol. The zero-order valence-electron chi connectivity index (χ0n) is 21.9. The summed E-state index contributed by atoms with van der Waals surface area (Å²) in [4.78, 5) is 40.8. The summed E-state index contributed by atoms with van der Waals surface area (Å²) in [6.07, 6.45) is 5.35. The lowest BCUT2D eigenvalue weighted by molar-refractivity contribution is -0.148. The second kappa shape index (κ2) is 9.61. The van der Waals surface area contributed by atoms with Crippen molar-refractivity contribution in [3.63, 3.8) is 0 Å². The molecule has 1 amide bonds. The maximum absolute atomic E-state index is 14.1. The van der Waals surface area contributed by atoms with Crippen LogP contribution in [0.25, 0.3) is 16.5 Å². The van der Waals surface area contributed by atoms with Crippen molar-refractivity contribution in [3.05, 3.63) is 69.9 Å². The van der Waals surface area contributed by atoms with Gasteiger partial charge < -0.3 is 14.7 Å². The molecular weight excluding hydrogens is 518 g/mol. The van der Waals surface area contributed by atoms with Crippen LogP contribution in [-0.4, -0.2) is 63.9 Å². The molecule has 1 saturated carbocycles. The Labute approximate surface area is 231 Å². The zero-order chi connectivity index (χ0) is 27.5. The first-order valence-electron chi connectivity index (χ1n) is 13.3. The van der Waals surface area contributed by atoms with Crippen LogP contribution in [0.15, 0.2) is 42.5 Å². The minimum absolute atomic E-state index is 0.0344. The number of methoxy groups -OCH3 is 1. The molecule has 8 nitrogen and oxygen atoms in total. The smallest absolute Gasteiger partial charge is 0.309 e. The molecule has 6 rings (SSSR count). The monoisotopic (exact) mass is 547 g/mol. The Morgan fingerprint density at radius 2 is 1.90 bits per heavy atom. The lowest BCUT2D eigenvalue weighted by Gasteiger charge is -2.38. The molecule has 1 aliphatic heterocycles. The van der Waals surface area contributed by atoms with Gasteiger partial charge in [0.25, 0.3) is 11.8 Å². The van der Waals surface area contributed by atoms with E-state index < -0.39 is 11.4 Å². The van der Waals surface area contributed by atoms with E-state index in [-0.39, 0.29) is 17.9 Å². The zero-order valence-corrected chi connectivity index (χ0v) is 22.7. The summed E-state index contributed by atoms with van der Waals surface area (Å²) in [5.41, 5.74) is 3.06. The van der Waals surface area contributed by atoms with E-state index in [0.717, 1.165) is 29.4 Å². The standard InChI is InChI=1S/C30H30ClN3O5/c1-30(29(37)38)12-10-18(11-13-30)26-22-9-8-19(27(35)33-15-20(16-33)39-2)14-24(22)34(32-26)28(36)25-21(17-6-7-17)4-3-5-23(25)31/h3-5,8-10,14,17,20H,6-7,11-13,15-16H2,1-2H3,(H,37,38)/t30-/m0/s1. The predicted octanol–water partition coefficient (Wildman–Crippen LogP) is 5.38. The van der Waals surface area contributed by atoms with Gasteiger partial charge in [-0.2, -0.15) is 9.78 Å². The second-order valence-corrected chi connectivity index (χ2v) is 11.6. The molecule has 0 spiro atoms. The molecule has 39 heavy (non-hydrogen) atoms. The fourth-order valence-corrected chi connectivity index (χ4v) is 5.82. The van der Waals surface area contributed by atoms with Gasteiger partial charge in [-0.15, -0.1) is 0 Å². The summed E-state index contributed by atoms with van der Waals surface area (Å²) >= 11 is 6.59. The molecule has 0 bridgehead atoms. The molecule has 3 aromatic rings. The molecular formula is C30H30ClN3O5. The summed E-state index contributed by atoms with van der Waals surface area (Å²) in [6, 6.07) is 10.9. The normalized spacial score (nSPS) is 21.5. The Balaban J connectivity index is 1.46. The number of carboxylic acid groups (broad SMARTS) is 1. The van der Waals surface area contributed by atoms with E-state index >= 15 is 0 Å². The molecule has 2 aliphatic carbocycles. The van der Waals surface area contributed by atoms with Gasteiger partial charge in [0.1, 0.15) is 0 Å². The van der Waals surface area contributed by atoms with Crippen LogP contribution in [0.4, 0.5) is 0 Å². The van der Waals surface area contributed by atoms with Gasteiger partial charge >= 0.3 is 5.97 Å². The van der Waals surface area contributed by atoms with E-state index in [1.807, 2.05) is 24.3 Å². The lowest BCUT2D eigenvalue weighted by atomic mass is 9.76. The van der Waals surface area contributed by atoms with Crippen LogP contribution >= 0.6 is 11.6 Å². The molecule has 1 saturated heterocycles. The van der Waals surface area contributed by atoms with Crippen LogP contribution < -0.4 is 0 Å². The summed E-state index contributed by atoms with van der Waals surface area (Å²) in [7, 11) is 1.63.